The van der Waals surface area contributed by atoms with Crippen LogP contribution < -0.4 is 0 Å². The Hall–Kier alpha value is -0.640. The van der Waals surface area contributed by atoms with Gasteiger partial charge in [0.05, 0.1) is 55.9 Å². The zero-order valence-electron chi connectivity index (χ0n) is 23.6. The lowest BCUT2D eigenvalue weighted by Gasteiger charge is -2.51. The first-order valence-corrected chi connectivity index (χ1v) is 15.0. The zero-order chi connectivity index (χ0) is 31.2. The van der Waals surface area contributed by atoms with E-state index in [1.807, 2.05) is 0 Å². The van der Waals surface area contributed by atoms with Crippen LogP contribution in [0.25, 0.3) is 0 Å². The van der Waals surface area contributed by atoms with Gasteiger partial charge in [0, 0.05) is 5.92 Å². The molecule has 0 amide bonds. The van der Waals surface area contributed by atoms with Gasteiger partial charge >= 0.3 is 0 Å². The molecule has 0 aromatic rings. The molecule has 3 aliphatic heterocycles. The fraction of sp³-hybridized carbons (Fsp3) is 1.00. The average Bonchev–Trinajstić information content (AvgIpc) is 2.98. The molecule has 19 atom stereocenters. The second-order valence-corrected chi connectivity index (χ2v) is 12.6. The Kier molecular flexibility index (Phi) is 11.0. The Bertz CT molecular complexity index is 897. The molecule has 19 unspecified atom stereocenters. The largest absolute Gasteiger partial charge is 0.394 e. The van der Waals surface area contributed by atoms with Crippen LogP contribution in [0.15, 0.2) is 0 Å². The molecular weight excluding hydrogens is 580 g/mol. The molecule has 5 rings (SSSR count). The predicted octanol–water partition coefficient (Wildman–Crippen LogP) is -5.19. The summed E-state index contributed by atoms with van der Waals surface area (Å²) in [6, 6.07) is 0. The standard InChI is InChI=1S/C27H46O16/c28-7-17-19(34)21(36)23(38)26(41-17)43-25-22(37)20(35)18(8-29)42-27(25)40-16-6-11-13(32)4-10(30)5-15(11)39-24(16)9-1-2-12(31)14(33)3-9/h9-38H,1-8H2. The highest BCUT2D eigenvalue weighted by molar-refractivity contribution is 4.99. The molecule has 16 heteroatoms. The summed E-state index contributed by atoms with van der Waals surface area (Å²) in [5.41, 5.74) is 0. The molecule has 0 bridgehead atoms. The lowest BCUT2D eigenvalue weighted by Crippen LogP contribution is -2.65. The van der Waals surface area contributed by atoms with E-state index in [0.29, 0.717) is 12.8 Å². The number of hydrogen-bond acceptors (Lipinski definition) is 16. The molecule has 0 radical (unpaired) electrons. The van der Waals surface area contributed by atoms with Gasteiger partial charge in [0.25, 0.3) is 0 Å². The molecule has 5 fully saturated rings. The normalized spacial score (nSPS) is 54.6. The van der Waals surface area contributed by atoms with Crippen molar-refractivity contribution in [3.63, 3.8) is 0 Å². The highest BCUT2D eigenvalue weighted by Gasteiger charge is 2.54. The fourth-order valence-corrected chi connectivity index (χ4v) is 7.22. The van der Waals surface area contributed by atoms with E-state index >= 15 is 0 Å². The first-order chi connectivity index (χ1) is 20.4. The monoisotopic (exact) mass is 626 g/mol. The van der Waals surface area contributed by atoms with Gasteiger partial charge in [-0.2, -0.15) is 0 Å². The van der Waals surface area contributed by atoms with Gasteiger partial charge in [0.1, 0.15) is 48.8 Å². The molecule has 16 nitrogen and oxygen atoms in total. The van der Waals surface area contributed by atoms with Crippen molar-refractivity contribution in [1.29, 1.82) is 0 Å². The van der Waals surface area contributed by atoms with Gasteiger partial charge in [0.15, 0.2) is 12.6 Å². The topological polar surface area (TPSA) is 269 Å². The molecule has 2 saturated carbocycles. The van der Waals surface area contributed by atoms with Crippen LogP contribution in [0.5, 0.6) is 0 Å². The second-order valence-electron chi connectivity index (χ2n) is 12.6. The van der Waals surface area contributed by atoms with Crippen molar-refractivity contribution in [2.45, 2.75) is 143 Å². The lowest BCUT2D eigenvalue weighted by atomic mass is 9.72. The molecule has 5 aliphatic rings. The molecule has 11 N–H and O–H groups in total. The quantitative estimate of drug-likeness (QED) is 0.126. The van der Waals surface area contributed by atoms with E-state index < -0.39 is 123 Å². The third-order valence-corrected chi connectivity index (χ3v) is 9.75. The molecule has 2 aliphatic carbocycles. The Balaban J connectivity index is 1.40. The Morgan fingerprint density at radius 3 is 1.86 bits per heavy atom. The number of ether oxygens (including phenoxy) is 5. The van der Waals surface area contributed by atoms with E-state index in [9.17, 15) is 56.2 Å². The van der Waals surface area contributed by atoms with Crippen molar-refractivity contribution in [1.82, 2.24) is 0 Å². The highest BCUT2D eigenvalue weighted by Crippen LogP contribution is 2.43. The minimum atomic E-state index is -1.83. The van der Waals surface area contributed by atoms with Crippen LogP contribution in [0, 0.1) is 11.8 Å². The molecule has 0 aromatic heterocycles. The van der Waals surface area contributed by atoms with Crippen molar-refractivity contribution in [3.05, 3.63) is 0 Å². The van der Waals surface area contributed by atoms with E-state index in [4.69, 9.17) is 23.7 Å². The SMILES string of the molecule is OCC1OC(OC2C(OC3CC4C(O)CC(O)CC4OC3C3CCC(O)C(O)C3)OC(CO)C(O)C2O)C(O)C(O)C1O. The first kappa shape index (κ1) is 33.7. The van der Waals surface area contributed by atoms with Crippen LogP contribution in [-0.2, 0) is 23.7 Å². The molecular formula is C27H46O16. The fourth-order valence-electron chi connectivity index (χ4n) is 7.22. The van der Waals surface area contributed by atoms with Gasteiger partial charge < -0.3 is 79.9 Å². The van der Waals surface area contributed by atoms with E-state index in [-0.39, 0.29) is 31.6 Å². The van der Waals surface area contributed by atoms with Crippen LogP contribution in [0.2, 0.25) is 0 Å². The third-order valence-electron chi connectivity index (χ3n) is 9.75. The summed E-state index contributed by atoms with van der Waals surface area (Å²) in [4.78, 5) is 0. The summed E-state index contributed by atoms with van der Waals surface area (Å²) >= 11 is 0. The molecule has 0 spiro atoms. The van der Waals surface area contributed by atoms with Gasteiger partial charge in [-0.15, -0.1) is 0 Å². The number of hydrogen-bond donors (Lipinski definition) is 11. The number of rotatable bonds is 7. The molecule has 250 valence electrons. The van der Waals surface area contributed by atoms with Crippen LogP contribution >= 0.6 is 0 Å². The van der Waals surface area contributed by atoms with Crippen molar-refractivity contribution in [3.8, 4) is 0 Å². The smallest absolute Gasteiger partial charge is 0.187 e. The maximum absolute atomic E-state index is 11.0. The molecule has 43 heavy (non-hydrogen) atoms. The van der Waals surface area contributed by atoms with Crippen LogP contribution in [-0.4, -0.2) is 174 Å². The summed E-state index contributed by atoms with van der Waals surface area (Å²) in [6.45, 7) is -1.43. The summed E-state index contributed by atoms with van der Waals surface area (Å²) < 4.78 is 29.8. The minimum absolute atomic E-state index is 0.135. The van der Waals surface area contributed by atoms with E-state index in [1.165, 1.54) is 0 Å². The van der Waals surface area contributed by atoms with Crippen LogP contribution in [0.3, 0.4) is 0 Å². The highest BCUT2D eigenvalue weighted by atomic mass is 16.8. The van der Waals surface area contributed by atoms with Crippen molar-refractivity contribution >= 4 is 0 Å². The van der Waals surface area contributed by atoms with E-state index in [0.717, 1.165) is 0 Å². The van der Waals surface area contributed by atoms with Gasteiger partial charge in [0.2, 0.25) is 0 Å². The van der Waals surface area contributed by atoms with Gasteiger partial charge in [-0.1, -0.05) is 0 Å². The predicted molar refractivity (Wildman–Crippen MR) is 139 cm³/mol. The zero-order valence-corrected chi connectivity index (χ0v) is 23.6. The third kappa shape index (κ3) is 6.90. The maximum Gasteiger partial charge on any atom is 0.187 e. The van der Waals surface area contributed by atoms with Gasteiger partial charge in [-0.3, -0.25) is 0 Å². The number of aliphatic hydroxyl groups is 11. The molecule has 3 heterocycles. The Morgan fingerprint density at radius 1 is 0.558 bits per heavy atom. The van der Waals surface area contributed by atoms with Crippen molar-refractivity contribution in [2.75, 3.05) is 13.2 Å². The summed E-state index contributed by atoms with van der Waals surface area (Å²) in [7, 11) is 0. The van der Waals surface area contributed by atoms with E-state index in [2.05, 4.69) is 0 Å². The van der Waals surface area contributed by atoms with Crippen molar-refractivity contribution in [2.24, 2.45) is 11.8 Å². The number of fused-ring (bicyclic) bond motifs is 1. The lowest BCUT2D eigenvalue weighted by molar-refractivity contribution is -0.379. The Morgan fingerprint density at radius 2 is 1.21 bits per heavy atom. The molecule has 3 saturated heterocycles. The average molecular weight is 627 g/mol. The Labute approximate surface area is 248 Å². The second kappa shape index (κ2) is 14.0. The van der Waals surface area contributed by atoms with E-state index in [1.54, 1.807) is 0 Å². The summed E-state index contributed by atoms with van der Waals surface area (Å²) in [5, 5.41) is 113. The van der Waals surface area contributed by atoms with Crippen LogP contribution in [0.4, 0.5) is 0 Å². The minimum Gasteiger partial charge on any atom is -0.394 e. The number of aliphatic hydroxyl groups excluding tert-OH is 11. The van der Waals surface area contributed by atoms with Gasteiger partial charge in [-0.25, -0.2) is 0 Å². The summed E-state index contributed by atoms with van der Waals surface area (Å²) in [5.74, 6) is -0.751. The first-order valence-electron chi connectivity index (χ1n) is 15.0. The molecule has 0 aromatic carbocycles. The summed E-state index contributed by atoms with van der Waals surface area (Å²) in [6.07, 6.45) is -20.2. The maximum atomic E-state index is 11.0. The van der Waals surface area contributed by atoms with Crippen LogP contribution in [0.1, 0.15) is 38.5 Å². The van der Waals surface area contributed by atoms with Gasteiger partial charge in [-0.05, 0) is 44.4 Å². The van der Waals surface area contributed by atoms with Crippen molar-refractivity contribution < 1.29 is 79.9 Å².